The minimum absolute atomic E-state index is 0.203. The van der Waals surface area contributed by atoms with Crippen molar-refractivity contribution >= 4 is 40.9 Å². The molecule has 0 fully saturated rings. The van der Waals surface area contributed by atoms with Crippen molar-refractivity contribution in [3.05, 3.63) is 69.2 Å². The van der Waals surface area contributed by atoms with E-state index in [4.69, 9.17) is 23.2 Å². The van der Waals surface area contributed by atoms with Crippen LogP contribution in [0.25, 0.3) is 6.08 Å². The molecule has 0 aliphatic rings. The van der Waals surface area contributed by atoms with Gasteiger partial charge in [0.2, 0.25) is 5.91 Å². The summed E-state index contributed by atoms with van der Waals surface area (Å²) >= 11 is 11.9. The predicted octanol–water partition coefficient (Wildman–Crippen LogP) is 5.26. The molecule has 2 rings (SSSR count). The van der Waals surface area contributed by atoms with Gasteiger partial charge in [0.1, 0.15) is 0 Å². The number of hydrogen-bond acceptors (Lipinski definition) is 1. The lowest BCUT2D eigenvalue weighted by Crippen LogP contribution is -2.08. The van der Waals surface area contributed by atoms with E-state index in [0.29, 0.717) is 10.0 Å². The molecule has 0 unspecified atom stereocenters. The third-order valence-corrected chi connectivity index (χ3v) is 3.43. The molecule has 0 heterocycles. The standard InChI is InChI=1S/C17H15Cl2NO/c1-11-7-12(2)9-15(8-11)20-17(21)6-4-13-3-5-14(18)10-16(13)19/h3-10H,1-2H3,(H,20,21)/b6-4+. The van der Waals surface area contributed by atoms with Gasteiger partial charge in [-0.1, -0.05) is 35.3 Å². The quantitative estimate of drug-likeness (QED) is 0.768. The van der Waals surface area contributed by atoms with Crippen LogP contribution in [0.4, 0.5) is 5.69 Å². The lowest BCUT2D eigenvalue weighted by Gasteiger charge is -2.05. The van der Waals surface area contributed by atoms with Crippen LogP contribution >= 0.6 is 23.2 Å². The fourth-order valence-electron chi connectivity index (χ4n) is 2.03. The van der Waals surface area contributed by atoms with E-state index in [2.05, 4.69) is 11.4 Å². The molecule has 2 nitrogen and oxygen atoms in total. The summed E-state index contributed by atoms with van der Waals surface area (Å²) in [5, 5.41) is 3.91. The van der Waals surface area contributed by atoms with Crippen LogP contribution in [-0.4, -0.2) is 5.91 Å². The lowest BCUT2D eigenvalue weighted by molar-refractivity contribution is -0.111. The number of hydrogen-bond donors (Lipinski definition) is 1. The topological polar surface area (TPSA) is 29.1 Å². The van der Waals surface area contributed by atoms with Crippen molar-refractivity contribution in [1.29, 1.82) is 0 Å². The molecule has 0 spiro atoms. The largest absolute Gasteiger partial charge is 0.322 e. The van der Waals surface area contributed by atoms with Crippen molar-refractivity contribution in [1.82, 2.24) is 0 Å². The highest BCUT2D eigenvalue weighted by Crippen LogP contribution is 2.22. The van der Waals surface area contributed by atoms with E-state index in [-0.39, 0.29) is 5.91 Å². The van der Waals surface area contributed by atoms with Gasteiger partial charge in [0, 0.05) is 21.8 Å². The van der Waals surface area contributed by atoms with Crippen LogP contribution in [0.2, 0.25) is 10.0 Å². The van der Waals surface area contributed by atoms with Crippen molar-refractivity contribution in [2.24, 2.45) is 0 Å². The predicted molar refractivity (Wildman–Crippen MR) is 90.0 cm³/mol. The number of anilines is 1. The average molecular weight is 320 g/mol. The summed E-state index contributed by atoms with van der Waals surface area (Å²) in [7, 11) is 0. The van der Waals surface area contributed by atoms with Gasteiger partial charge in [0.25, 0.3) is 0 Å². The second kappa shape index (κ2) is 6.79. The van der Waals surface area contributed by atoms with E-state index in [1.807, 2.05) is 26.0 Å². The number of amides is 1. The molecule has 0 saturated heterocycles. The van der Waals surface area contributed by atoms with Crippen molar-refractivity contribution in [2.45, 2.75) is 13.8 Å². The number of nitrogens with one attached hydrogen (secondary N) is 1. The molecule has 1 amide bonds. The maximum Gasteiger partial charge on any atom is 0.248 e. The molecule has 0 aliphatic heterocycles. The first-order valence-corrected chi connectivity index (χ1v) is 7.22. The number of aryl methyl sites for hydroxylation is 2. The van der Waals surface area contributed by atoms with E-state index >= 15 is 0 Å². The van der Waals surface area contributed by atoms with Gasteiger partial charge >= 0.3 is 0 Å². The van der Waals surface area contributed by atoms with Crippen LogP contribution < -0.4 is 5.32 Å². The van der Waals surface area contributed by atoms with Gasteiger partial charge in [-0.25, -0.2) is 0 Å². The molecule has 0 aromatic heterocycles. The van der Waals surface area contributed by atoms with E-state index in [9.17, 15) is 4.79 Å². The first-order valence-electron chi connectivity index (χ1n) is 6.46. The molecule has 108 valence electrons. The third kappa shape index (κ3) is 4.62. The van der Waals surface area contributed by atoms with E-state index in [1.165, 1.54) is 6.08 Å². The lowest BCUT2D eigenvalue weighted by atomic mass is 10.1. The average Bonchev–Trinajstić information content (AvgIpc) is 2.36. The minimum atomic E-state index is -0.203. The Morgan fingerprint density at radius 3 is 2.33 bits per heavy atom. The zero-order valence-corrected chi connectivity index (χ0v) is 13.3. The maximum atomic E-state index is 11.9. The Morgan fingerprint density at radius 1 is 1.05 bits per heavy atom. The number of rotatable bonds is 3. The van der Waals surface area contributed by atoms with Crippen LogP contribution in [0.1, 0.15) is 16.7 Å². The highest BCUT2D eigenvalue weighted by molar-refractivity contribution is 6.35. The number of benzene rings is 2. The normalized spacial score (nSPS) is 10.9. The molecular weight excluding hydrogens is 305 g/mol. The van der Waals surface area contributed by atoms with Crippen LogP contribution in [0.5, 0.6) is 0 Å². The van der Waals surface area contributed by atoms with Crippen LogP contribution in [-0.2, 0) is 4.79 Å². The maximum absolute atomic E-state index is 11.9. The molecular formula is C17H15Cl2NO. The molecule has 0 aliphatic carbocycles. The second-order valence-electron chi connectivity index (χ2n) is 4.86. The summed E-state index contributed by atoms with van der Waals surface area (Å²) < 4.78 is 0. The van der Waals surface area contributed by atoms with Crippen LogP contribution in [0.15, 0.2) is 42.5 Å². The number of halogens is 2. The van der Waals surface area contributed by atoms with Crippen molar-refractivity contribution in [3.63, 3.8) is 0 Å². The highest BCUT2D eigenvalue weighted by atomic mass is 35.5. The monoisotopic (exact) mass is 319 g/mol. The molecule has 0 bridgehead atoms. The first kappa shape index (κ1) is 15.6. The molecule has 0 saturated carbocycles. The minimum Gasteiger partial charge on any atom is -0.322 e. The van der Waals surface area contributed by atoms with E-state index in [1.54, 1.807) is 24.3 Å². The number of carbonyl (C=O) groups is 1. The van der Waals surface area contributed by atoms with Gasteiger partial charge in [-0.2, -0.15) is 0 Å². The SMILES string of the molecule is Cc1cc(C)cc(NC(=O)/C=C/c2ccc(Cl)cc2Cl)c1. The Labute approximate surface area is 134 Å². The molecule has 0 atom stereocenters. The van der Waals surface area contributed by atoms with E-state index < -0.39 is 0 Å². The summed E-state index contributed by atoms with van der Waals surface area (Å²) in [4.78, 5) is 11.9. The fourth-order valence-corrected chi connectivity index (χ4v) is 2.50. The first-order chi connectivity index (χ1) is 9.94. The molecule has 1 N–H and O–H groups in total. The highest BCUT2D eigenvalue weighted by Gasteiger charge is 2.01. The fraction of sp³-hybridized carbons (Fsp3) is 0.118. The second-order valence-corrected chi connectivity index (χ2v) is 5.71. The molecule has 2 aromatic rings. The van der Waals surface area contributed by atoms with Gasteiger partial charge in [-0.05, 0) is 60.9 Å². The molecule has 0 radical (unpaired) electrons. The third-order valence-electron chi connectivity index (χ3n) is 2.87. The Hall–Kier alpha value is -1.77. The van der Waals surface area contributed by atoms with Crippen LogP contribution in [0.3, 0.4) is 0 Å². The Morgan fingerprint density at radius 2 is 1.71 bits per heavy atom. The summed E-state index contributed by atoms with van der Waals surface area (Å²) in [5.41, 5.74) is 3.74. The van der Waals surface area contributed by atoms with Gasteiger partial charge < -0.3 is 5.32 Å². The molecule has 2 aromatic carbocycles. The van der Waals surface area contributed by atoms with E-state index in [0.717, 1.165) is 22.4 Å². The molecule has 21 heavy (non-hydrogen) atoms. The van der Waals surface area contributed by atoms with Crippen LogP contribution in [0, 0.1) is 13.8 Å². The summed E-state index contributed by atoms with van der Waals surface area (Å²) in [6.45, 7) is 3.98. The number of carbonyl (C=O) groups excluding carboxylic acids is 1. The van der Waals surface area contributed by atoms with Gasteiger partial charge in [0.15, 0.2) is 0 Å². The summed E-state index contributed by atoms with van der Waals surface area (Å²) in [5.74, 6) is -0.203. The Bertz CT molecular complexity index is 688. The zero-order chi connectivity index (χ0) is 15.4. The van der Waals surface area contributed by atoms with Gasteiger partial charge in [0.05, 0.1) is 0 Å². The molecule has 4 heteroatoms. The van der Waals surface area contributed by atoms with Gasteiger partial charge in [-0.3, -0.25) is 4.79 Å². The van der Waals surface area contributed by atoms with Gasteiger partial charge in [-0.15, -0.1) is 0 Å². The van der Waals surface area contributed by atoms with Crippen molar-refractivity contribution < 1.29 is 4.79 Å². The van der Waals surface area contributed by atoms with Crippen molar-refractivity contribution in [2.75, 3.05) is 5.32 Å². The summed E-state index contributed by atoms with van der Waals surface area (Å²) in [6, 6.07) is 11.0. The summed E-state index contributed by atoms with van der Waals surface area (Å²) in [6.07, 6.45) is 3.11. The Balaban J connectivity index is 2.09. The Kier molecular flexibility index (Phi) is 5.05. The smallest absolute Gasteiger partial charge is 0.248 e. The zero-order valence-electron chi connectivity index (χ0n) is 11.8. The van der Waals surface area contributed by atoms with Crippen molar-refractivity contribution in [3.8, 4) is 0 Å².